The number of anilines is 1. The van der Waals surface area contributed by atoms with Gasteiger partial charge in [-0.1, -0.05) is 26.0 Å². The normalized spacial score (nSPS) is 13.0. The van der Waals surface area contributed by atoms with Crippen LogP contribution in [0.1, 0.15) is 36.7 Å². The molecule has 0 aliphatic carbocycles. The van der Waals surface area contributed by atoms with E-state index in [9.17, 15) is 18.0 Å². The number of nitrogens with zero attached hydrogens (tertiary/aromatic N) is 1. The average molecular weight is 445 g/mol. The molecule has 1 amide bonds. The van der Waals surface area contributed by atoms with E-state index in [4.69, 9.17) is 9.47 Å². The van der Waals surface area contributed by atoms with E-state index in [-0.39, 0.29) is 17.5 Å². The molecule has 31 heavy (non-hydrogen) atoms. The van der Waals surface area contributed by atoms with Crippen LogP contribution in [0.25, 0.3) is 6.08 Å². The third-order valence-corrected chi connectivity index (χ3v) is 6.86. The maximum absolute atomic E-state index is 12.5. The zero-order valence-electron chi connectivity index (χ0n) is 17.5. The second kappa shape index (κ2) is 9.32. The minimum atomic E-state index is -3.53. The number of ether oxygens (including phenoxy) is 2. The Labute approximate surface area is 181 Å². The number of amides is 1. The molecule has 0 spiro atoms. The Morgan fingerprint density at radius 1 is 1.06 bits per heavy atom. The molecule has 0 fully saturated rings. The zero-order chi connectivity index (χ0) is 22.6. The van der Waals surface area contributed by atoms with Gasteiger partial charge in [-0.15, -0.1) is 0 Å². The smallest absolute Gasteiger partial charge is 0.248 e. The fraction of sp³-hybridized carbons (Fsp3) is 0.273. The van der Waals surface area contributed by atoms with Crippen molar-refractivity contribution in [3.05, 3.63) is 53.6 Å². The number of carbonyl (C=O) groups is 2. The summed E-state index contributed by atoms with van der Waals surface area (Å²) < 4.78 is 37.0. The van der Waals surface area contributed by atoms with Gasteiger partial charge >= 0.3 is 0 Å². The molecule has 0 radical (unpaired) electrons. The Bertz CT molecular complexity index is 1120. The molecule has 3 rings (SSSR count). The predicted octanol–water partition coefficient (Wildman–Crippen LogP) is 3.30. The van der Waals surface area contributed by atoms with E-state index in [0.29, 0.717) is 41.4 Å². The van der Waals surface area contributed by atoms with Crippen LogP contribution in [0.15, 0.2) is 47.4 Å². The van der Waals surface area contributed by atoms with E-state index in [0.717, 1.165) is 0 Å². The second-order valence-corrected chi connectivity index (χ2v) is 8.73. The van der Waals surface area contributed by atoms with Crippen molar-refractivity contribution < 1.29 is 27.5 Å². The van der Waals surface area contributed by atoms with Crippen LogP contribution in [0.2, 0.25) is 0 Å². The molecule has 9 heteroatoms. The Hall–Kier alpha value is -3.17. The van der Waals surface area contributed by atoms with Crippen molar-refractivity contribution in [2.24, 2.45) is 0 Å². The highest BCUT2D eigenvalue weighted by atomic mass is 32.2. The predicted molar refractivity (Wildman–Crippen MR) is 117 cm³/mol. The fourth-order valence-electron chi connectivity index (χ4n) is 3.15. The molecule has 0 aromatic heterocycles. The lowest BCUT2D eigenvalue weighted by Gasteiger charge is -2.18. The summed E-state index contributed by atoms with van der Waals surface area (Å²) in [6.45, 7) is 5.81. The van der Waals surface area contributed by atoms with Crippen molar-refractivity contribution in [3.63, 3.8) is 0 Å². The lowest BCUT2D eigenvalue weighted by molar-refractivity contribution is -0.111. The first-order valence-electron chi connectivity index (χ1n) is 9.80. The molecule has 2 aromatic carbocycles. The van der Waals surface area contributed by atoms with Crippen LogP contribution in [0.3, 0.4) is 0 Å². The minimum Gasteiger partial charge on any atom is -0.454 e. The third kappa shape index (κ3) is 4.95. The van der Waals surface area contributed by atoms with Gasteiger partial charge in [-0.3, -0.25) is 9.59 Å². The van der Waals surface area contributed by atoms with Gasteiger partial charge in [0, 0.05) is 30.8 Å². The zero-order valence-corrected chi connectivity index (χ0v) is 18.4. The SMILES string of the molecule is CCN(CC)S(=O)(=O)c1ccc(/C=C/C(=O)Nc2cc3c(cc2C(C)=O)OCO3)cc1. The van der Waals surface area contributed by atoms with Gasteiger partial charge in [0.15, 0.2) is 17.3 Å². The monoisotopic (exact) mass is 444 g/mol. The Balaban J connectivity index is 1.73. The van der Waals surface area contributed by atoms with Gasteiger partial charge in [0.25, 0.3) is 0 Å². The van der Waals surface area contributed by atoms with Crippen molar-refractivity contribution in [1.29, 1.82) is 0 Å². The van der Waals surface area contributed by atoms with Crippen molar-refractivity contribution in [2.75, 3.05) is 25.2 Å². The van der Waals surface area contributed by atoms with E-state index in [1.165, 1.54) is 29.4 Å². The summed E-state index contributed by atoms with van der Waals surface area (Å²) in [6, 6.07) is 9.37. The van der Waals surface area contributed by atoms with Gasteiger partial charge in [0.2, 0.25) is 22.7 Å². The van der Waals surface area contributed by atoms with E-state index < -0.39 is 15.9 Å². The first-order chi connectivity index (χ1) is 14.8. The standard InChI is InChI=1S/C22H24N2O6S/c1-4-24(5-2)31(27,28)17-9-6-16(7-10-17)8-11-22(26)23-19-13-21-20(29-14-30-21)12-18(19)15(3)25/h6-13H,4-5,14H2,1-3H3,(H,23,26)/b11-8+. The summed E-state index contributed by atoms with van der Waals surface area (Å²) in [5.74, 6) is 0.247. The number of rotatable bonds is 8. The van der Waals surface area contributed by atoms with Crippen molar-refractivity contribution in [2.45, 2.75) is 25.7 Å². The molecular weight excluding hydrogens is 420 g/mol. The Morgan fingerprint density at radius 2 is 1.68 bits per heavy atom. The lowest BCUT2D eigenvalue weighted by atomic mass is 10.1. The number of fused-ring (bicyclic) bond motifs is 1. The minimum absolute atomic E-state index is 0.0595. The van der Waals surface area contributed by atoms with Gasteiger partial charge in [-0.05, 0) is 36.8 Å². The largest absolute Gasteiger partial charge is 0.454 e. The molecule has 2 aromatic rings. The van der Waals surface area contributed by atoms with Gasteiger partial charge in [0.05, 0.1) is 10.6 Å². The summed E-state index contributed by atoms with van der Waals surface area (Å²) in [4.78, 5) is 24.5. The van der Waals surface area contributed by atoms with Crippen LogP contribution in [-0.4, -0.2) is 44.3 Å². The summed E-state index contributed by atoms with van der Waals surface area (Å²) in [6.07, 6.45) is 2.87. The topological polar surface area (TPSA) is 102 Å². The first kappa shape index (κ1) is 22.5. The van der Waals surface area contributed by atoms with Crippen LogP contribution in [0.4, 0.5) is 5.69 Å². The van der Waals surface area contributed by atoms with Crippen LogP contribution in [-0.2, 0) is 14.8 Å². The number of hydrogen-bond acceptors (Lipinski definition) is 6. The van der Waals surface area contributed by atoms with Crippen LogP contribution < -0.4 is 14.8 Å². The Kier molecular flexibility index (Phi) is 6.77. The van der Waals surface area contributed by atoms with Gasteiger partial charge < -0.3 is 14.8 Å². The van der Waals surface area contributed by atoms with Crippen LogP contribution in [0.5, 0.6) is 11.5 Å². The molecule has 0 atom stereocenters. The average Bonchev–Trinajstić information content (AvgIpc) is 3.20. The number of ketones is 1. The summed E-state index contributed by atoms with van der Waals surface area (Å²) in [5, 5.41) is 2.67. The molecule has 1 N–H and O–H groups in total. The van der Waals surface area contributed by atoms with Crippen LogP contribution in [0, 0.1) is 0 Å². The molecule has 164 valence electrons. The maximum atomic E-state index is 12.5. The molecular formula is C22H24N2O6S. The van der Waals surface area contributed by atoms with Crippen molar-refractivity contribution in [3.8, 4) is 11.5 Å². The van der Waals surface area contributed by atoms with E-state index in [2.05, 4.69) is 5.32 Å². The number of benzene rings is 2. The lowest BCUT2D eigenvalue weighted by Crippen LogP contribution is -2.30. The van der Waals surface area contributed by atoms with Crippen molar-refractivity contribution in [1.82, 2.24) is 4.31 Å². The highest BCUT2D eigenvalue weighted by Gasteiger charge is 2.21. The first-order valence-corrected chi connectivity index (χ1v) is 11.2. The second-order valence-electron chi connectivity index (χ2n) is 6.79. The summed E-state index contributed by atoms with van der Waals surface area (Å²) >= 11 is 0. The van der Waals surface area contributed by atoms with Gasteiger partial charge in [-0.25, -0.2) is 8.42 Å². The molecule has 8 nitrogen and oxygen atoms in total. The highest BCUT2D eigenvalue weighted by Crippen LogP contribution is 2.37. The molecule has 0 saturated carbocycles. The van der Waals surface area contributed by atoms with Gasteiger partial charge in [-0.2, -0.15) is 4.31 Å². The highest BCUT2D eigenvalue weighted by molar-refractivity contribution is 7.89. The van der Waals surface area contributed by atoms with E-state index in [1.807, 2.05) is 0 Å². The molecule has 0 saturated heterocycles. The maximum Gasteiger partial charge on any atom is 0.248 e. The Morgan fingerprint density at radius 3 is 2.26 bits per heavy atom. The number of nitrogens with one attached hydrogen (secondary N) is 1. The third-order valence-electron chi connectivity index (χ3n) is 4.80. The van der Waals surface area contributed by atoms with E-state index >= 15 is 0 Å². The molecule has 1 aliphatic rings. The quantitative estimate of drug-likeness (QED) is 0.495. The summed E-state index contributed by atoms with van der Waals surface area (Å²) in [5.41, 5.74) is 1.30. The summed E-state index contributed by atoms with van der Waals surface area (Å²) in [7, 11) is -3.53. The number of hydrogen-bond donors (Lipinski definition) is 1. The van der Waals surface area contributed by atoms with E-state index in [1.54, 1.807) is 44.2 Å². The van der Waals surface area contributed by atoms with Crippen molar-refractivity contribution >= 4 is 33.5 Å². The van der Waals surface area contributed by atoms with Gasteiger partial charge in [0.1, 0.15) is 0 Å². The molecule has 0 unspecified atom stereocenters. The van der Waals surface area contributed by atoms with Crippen LogP contribution >= 0.6 is 0 Å². The fourth-order valence-corrected chi connectivity index (χ4v) is 4.60. The number of Topliss-reactive ketones (excluding diaryl/α,β-unsaturated/α-hetero) is 1. The molecule has 1 aliphatic heterocycles. The number of carbonyl (C=O) groups excluding carboxylic acids is 2. The molecule has 1 heterocycles. The molecule has 0 bridgehead atoms. The number of sulfonamides is 1.